The topological polar surface area (TPSA) is 38.1 Å². The van der Waals surface area contributed by atoms with Gasteiger partial charge in [-0.2, -0.15) is 0 Å². The zero-order valence-corrected chi connectivity index (χ0v) is 10.6. The Hall–Kier alpha value is -1.29. The molecule has 2 heterocycles. The lowest BCUT2D eigenvalue weighted by molar-refractivity contribution is 0.498. The maximum absolute atomic E-state index is 5.30. The van der Waals surface area contributed by atoms with Gasteiger partial charge in [0.25, 0.3) is 0 Å². The normalized spacial score (nSPS) is 12.4. The molecule has 84 valence electrons. The molecule has 2 aromatic heterocycles. The lowest BCUT2D eigenvalue weighted by Crippen LogP contribution is -2.17. The minimum absolute atomic E-state index is 0.314. The predicted molar refractivity (Wildman–Crippen MR) is 67.4 cm³/mol. The zero-order valence-electron chi connectivity index (χ0n) is 8.98. The van der Waals surface area contributed by atoms with Crippen LogP contribution in [0.4, 0.5) is 5.69 Å². The van der Waals surface area contributed by atoms with Crippen molar-refractivity contribution in [3.05, 3.63) is 47.1 Å². The molecule has 0 spiro atoms. The van der Waals surface area contributed by atoms with Gasteiger partial charge in [0.15, 0.2) is 0 Å². The van der Waals surface area contributed by atoms with Crippen LogP contribution in [0.15, 0.2) is 45.7 Å². The number of hydrogen-bond acceptors (Lipinski definition) is 3. The molecule has 0 aliphatic rings. The van der Waals surface area contributed by atoms with Crippen molar-refractivity contribution in [2.75, 3.05) is 5.32 Å². The Morgan fingerprint density at radius 3 is 2.94 bits per heavy atom. The molecule has 0 amide bonds. The molecule has 1 atom stereocenters. The number of anilines is 1. The van der Waals surface area contributed by atoms with Crippen molar-refractivity contribution in [2.45, 2.75) is 19.4 Å². The van der Waals surface area contributed by atoms with Gasteiger partial charge in [-0.15, -0.1) is 0 Å². The first-order valence-electron chi connectivity index (χ1n) is 5.14. The van der Waals surface area contributed by atoms with Gasteiger partial charge in [-0.25, -0.2) is 4.98 Å². The highest BCUT2D eigenvalue weighted by Crippen LogP contribution is 2.13. The van der Waals surface area contributed by atoms with Crippen LogP contribution in [-0.4, -0.2) is 11.0 Å². The van der Waals surface area contributed by atoms with Crippen LogP contribution in [0.1, 0.15) is 12.7 Å². The summed E-state index contributed by atoms with van der Waals surface area (Å²) in [6.45, 7) is 2.12. The Morgan fingerprint density at radius 1 is 1.44 bits per heavy atom. The average Bonchev–Trinajstić information content (AvgIpc) is 2.74. The quantitative estimate of drug-likeness (QED) is 0.872. The highest BCUT2D eigenvalue weighted by molar-refractivity contribution is 9.10. The largest absolute Gasteiger partial charge is 0.469 e. The first-order valence-corrected chi connectivity index (χ1v) is 5.94. The van der Waals surface area contributed by atoms with Gasteiger partial charge in [0, 0.05) is 12.5 Å². The van der Waals surface area contributed by atoms with Gasteiger partial charge in [0.05, 0.1) is 18.1 Å². The van der Waals surface area contributed by atoms with Gasteiger partial charge in [0.2, 0.25) is 0 Å². The van der Waals surface area contributed by atoms with Crippen molar-refractivity contribution in [2.24, 2.45) is 0 Å². The molecule has 0 saturated heterocycles. The standard InChI is InChI=1S/C12H13BrN2O/c1-9(7-11-3-2-6-16-11)15-10-4-5-12(13)14-8-10/h2-6,8-9,15H,7H2,1H3. The van der Waals surface area contributed by atoms with Gasteiger partial charge in [0.1, 0.15) is 10.4 Å². The van der Waals surface area contributed by atoms with Crippen LogP contribution < -0.4 is 5.32 Å². The van der Waals surface area contributed by atoms with E-state index in [0.29, 0.717) is 6.04 Å². The molecule has 0 bridgehead atoms. The molecule has 1 N–H and O–H groups in total. The minimum Gasteiger partial charge on any atom is -0.469 e. The molecule has 0 aromatic carbocycles. The van der Waals surface area contributed by atoms with E-state index >= 15 is 0 Å². The van der Waals surface area contributed by atoms with E-state index in [1.807, 2.05) is 30.5 Å². The summed E-state index contributed by atoms with van der Waals surface area (Å²) in [5.41, 5.74) is 1.02. The summed E-state index contributed by atoms with van der Waals surface area (Å²) in [5.74, 6) is 0.991. The predicted octanol–water partition coefficient (Wildman–Crippen LogP) is 3.48. The van der Waals surface area contributed by atoms with Crippen molar-refractivity contribution >= 4 is 21.6 Å². The molecule has 1 unspecified atom stereocenters. The van der Waals surface area contributed by atoms with E-state index in [-0.39, 0.29) is 0 Å². The van der Waals surface area contributed by atoms with Gasteiger partial charge in [-0.3, -0.25) is 0 Å². The Balaban J connectivity index is 1.92. The van der Waals surface area contributed by atoms with E-state index in [9.17, 15) is 0 Å². The molecule has 0 saturated carbocycles. The summed E-state index contributed by atoms with van der Waals surface area (Å²) in [4.78, 5) is 4.16. The highest BCUT2D eigenvalue weighted by Gasteiger charge is 2.05. The van der Waals surface area contributed by atoms with Crippen LogP contribution in [0.5, 0.6) is 0 Å². The summed E-state index contributed by atoms with van der Waals surface area (Å²) in [6, 6.07) is 8.12. The fourth-order valence-corrected chi connectivity index (χ4v) is 1.76. The summed E-state index contributed by atoms with van der Waals surface area (Å²) in [6.07, 6.45) is 4.37. The van der Waals surface area contributed by atoms with Crippen molar-refractivity contribution in [1.29, 1.82) is 0 Å². The number of furan rings is 1. The zero-order chi connectivity index (χ0) is 11.4. The van der Waals surface area contributed by atoms with Crippen LogP contribution in [0.25, 0.3) is 0 Å². The summed E-state index contributed by atoms with van der Waals surface area (Å²) in [5, 5.41) is 3.36. The Labute approximate surface area is 103 Å². The fraction of sp³-hybridized carbons (Fsp3) is 0.250. The van der Waals surface area contributed by atoms with Crippen LogP contribution in [0, 0.1) is 0 Å². The van der Waals surface area contributed by atoms with Gasteiger partial charge >= 0.3 is 0 Å². The fourth-order valence-electron chi connectivity index (χ4n) is 1.53. The molecule has 3 nitrogen and oxygen atoms in total. The smallest absolute Gasteiger partial charge is 0.106 e. The van der Waals surface area contributed by atoms with E-state index in [1.54, 1.807) is 6.26 Å². The van der Waals surface area contributed by atoms with Crippen molar-refractivity contribution in [3.8, 4) is 0 Å². The third kappa shape index (κ3) is 3.10. The molecule has 2 rings (SSSR count). The third-order valence-electron chi connectivity index (χ3n) is 2.23. The second kappa shape index (κ2) is 5.16. The number of nitrogens with zero attached hydrogens (tertiary/aromatic N) is 1. The number of pyridine rings is 1. The van der Waals surface area contributed by atoms with Gasteiger partial charge in [-0.05, 0) is 47.1 Å². The Bertz CT molecular complexity index is 425. The van der Waals surface area contributed by atoms with Crippen LogP contribution in [0.3, 0.4) is 0 Å². The van der Waals surface area contributed by atoms with E-state index in [1.165, 1.54) is 0 Å². The summed E-state index contributed by atoms with van der Waals surface area (Å²) in [7, 11) is 0. The lowest BCUT2D eigenvalue weighted by Gasteiger charge is -2.13. The van der Waals surface area contributed by atoms with Crippen molar-refractivity contribution < 1.29 is 4.42 Å². The van der Waals surface area contributed by atoms with Crippen molar-refractivity contribution in [3.63, 3.8) is 0 Å². The van der Waals surface area contributed by atoms with Crippen LogP contribution in [-0.2, 0) is 6.42 Å². The van der Waals surface area contributed by atoms with Crippen molar-refractivity contribution in [1.82, 2.24) is 4.98 Å². The number of rotatable bonds is 4. The SMILES string of the molecule is CC(Cc1ccco1)Nc1ccc(Br)nc1. The Kier molecular flexibility index (Phi) is 3.62. The number of halogens is 1. The first kappa shape index (κ1) is 11.2. The van der Waals surface area contributed by atoms with E-state index in [2.05, 4.69) is 33.2 Å². The maximum Gasteiger partial charge on any atom is 0.106 e. The maximum atomic E-state index is 5.30. The minimum atomic E-state index is 0.314. The monoisotopic (exact) mass is 280 g/mol. The molecule has 0 aliphatic heterocycles. The first-order chi connectivity index (χ1) is 7.74. The molecular weight excluding hydrogens is 268 g/mol. The molecule has 0 aliphatic carbocycles. The second-order valence-corrected chi connectivity index (χ2v) is 4.51. The summed E-state index contributed by atoms with van der Waals surface area (Å²) < 4.78 is 6.14. The average molecular weight is 281 g/mol. The molecule has 2 aromatic rings. The molecule has 16 heavy (non-hydrogen) atoms. The van der Waals surface area contributed by atoms with E-state index < -0.39 is 0 Å². The van der Waals surface area contributed by atoms with E-state index in [4.69, 9.17) is 4.42 Å². The Morgan fingerprint density at radius 2 is 2.31 bits per heavy atom. The van der Waals surface area contributed by atoms with Gasteiger partial charge in [-0.1, -0.05) is 0 Å². The molecule has 0 fully saturated rings. The van der Waals surface area contributed by atoms with Crippen LogP contribution >= 0.6 is 15.9 Å². The summed E-state index contributed by atoms with van der Waals surface area (Å²) >= 11 is 3.31. The number of hydrogen-bond donors (Lipinski definition) is 1. The second-order valence-electron chi connectivity index (χ2n) is 3.70. The van der Waals surface area contributed by atoms with E-state index in [0.717, 1.165) is 22.5 Å². The van der Waals surface area contributed by atoms with Gasteiger partial charge < -0.3 is 9.73 Å². The number of nitrogens with one attached hydrogen (secondary N) is 1. The van der Waals surface area contributed by atoms with Crippen LogP contribution in [0.2, 0.25) is 0 Å². The molecular formula is C12H13BrN2O. The molecule has 4 heteroatoms. The third-order valence-corrected chi connectivity index (χ3v) is 2.70. The number of aromatic nitrogens is 1. The highest BCUT2D eigenvalue weighted by atomic mass is 79.9. The lowest BCUT2D eigenvalue weighted by atomic mass is 10.2. The molecule has 0 radical (unpaired) electrons.